The van der Waals surface area contributed by atoms with Crippen LogP contribution in [0.5, 0.6) is 0 Å². The first-order valence-electron chi connectivity index (χ1n) is 6.78. The molecule has 3 nitrogen and oxygen atoms in total. The molecule has 94 valence electrons. The van der Waals surface area contributed by atoms with Crippen molar-refractivity contribution in [3.8, 4) is 0 Å². The van der Waals surface area contributed by atoms with E-state index in [2.05, 4.69) is 24.2 Å². The van der Waals surface area contributed by atoms with Gasteiger partial charge in [0.25, 0.3) is 0 Å². The second-order valence-corrected chi connectivity index (χ2v) is 5.64. The number of hydrogen-bond acceptors (Lipinski definition) is 3. The molecule has 2 aliphatic heterocycles. The van der Waals surface area contributed by atoms with Gasteiger partial charge in [0.2, 0.25) is 0 Å². The van der Waals surface area contributed by atoms with Crippen molar-refractivity contribution in [3.63, 3.8) is 0 Å². The third-order valence-electron chi connectivity index (χ3n) is 4.58. The van der Waals surface area contributed by atoms with Gasteiger partial charge in [-0.2, -0.15) is 0 Å². The number of aliphatic hydroxyl groups is 1. The quantitative estimate of drug-likeness (QED) is 0.743. The summed E-state index contributed by atoms with van der Waals surface area (Å²) >= 11 is 0. The Bertz CT molecular complexity index is 218. The molecule has 0 aliphatic carbocycles. The summed E-state index contributed by atoms with van der Waals surface area (Å²) in [7, 11) is 2.27. The molecule has 2 saturated heterocycles. The molecule has 0 radical (unpaired) electrons. The van der Waals surface area contributed by atoms with Crippen LogP contribution in [0.25, 0.3) is 0 Å². The zero-order valence-electron chi connectivity index (χ0n) is 10.7. The Morgan fingerprint density at radius 2 is 1.94 bits per heavy atom. The average molecular weight is 226 g/mol. The molecule has 16 heavy (non-hydrogen) atoms. The molecule has 2 rings (SSSR count). The first-order valence-corrected chi connectivity index (χ1v) is 6.78. The van der Waals surface area contributed by atoms with Crippen LogP contribution in [0.2, 0.25) is 0 Å². The van der Waals surface area contributed by atoms with Gasteiger partial charge in [-0.1, -0.05) is 6.92 Å². The smallest absolute Gasteiger partial charge is 0.0448 e. The van der Waals surface area contributed by atoms with Gasteiger partial charge in [0.05, 0.1) is 0 Å². The Labute approximate surface area is 99.2 Å². The Morgan fingerprint density at radius 1 is 1.31 bits per heavy atom. The summed E-state index contributed by atoms with van der Waals surface area (Å²) < 4.78 is 0. The van der Waals surface area contributed by atoms with Gasteiger partial charge in [0.1, 0.15) is 0 Å². The van der Waals surface area contributed by atoms with E-state index in [9.17, 15) is 5.11 Å². The maximum Gasteiger partial charge on any atom is 0.0448 e. The molecule has 2 aliphatic rings. The van der Waals surface area contributed by atoms with E-state index in [0.717, 1.165) is 25.0 Å². The fourth-order valence-corrected chi connectivity index (χ4v) is 3.61. The second-order valence-electron chi connectivity index (χ2n) is 5.64. The van der Waals surface area contributed by atoms with Gasteiger partial charge in [0, 0.05) is 24.2 Å². The molecule has 2 unspecified atom stereocenters. The zero-order valence-corrected chi connectivity index (χ0v) is 10.7. The number of rotatable bonds is 5. The van der Waals surface area contributed by atoms with Crippen LogP contribution in [0.1, 0.15) is 45.4 Å². The van der Waals surface area contributed by atoms with Crippen molar-refractivity contribution in [2.45, 2.75) is 63.1 Å². The van der Waals surface area contributed by atoms with Crippen LogP contribution in [0.3, 0.4) is 0 Å². The van der Waals surface area contributed by atoms with Gasteiger partial charge in [-0.25, -0.2) is 0 Å². The minimum atomic E-state index is 0.225. The van der Waals surface area contributed by atoms with Crippen LogP contribution >= 0.6 is 0 Å². The third-order valence-corrected chi connectivity index (χ3v) is 4.58. The Balaban J connectivity index is 2.03. The molecule has 0 aromatic heterocycles. The van der Waals surface area contributed by atoms with E-state index in [1.807, 2.05) is 0 Å². The topological polar surface area (TPSA) is 35.5 Å². The Morgan fingerprint density at radius 3 is 2.44 bits per heavy atom. The lowest BCUT2D eigenvalue weighted by Crippen LogP contribution is -2.57. The van der Waals surface area contributed by atoms with Crippen LogP contribution in [-0.4, -0.2) is 47.8 Å². The molecule has 2 bridgehead atoms. The number of nitrogens with one attached hydrogen (secondary N) is 1. The van der Waals surface area contributed by atoms with E-state index < -0.39 is 0 Å². The summed E-state index contributed by atoms with van der Waals surface area (Å²) in [5, 5.41) is 13.0. The minimum Gasteiger partial charge on any atom is -0.396 e. The van der Waals surface area contributed by atoms with Crippen molar-refractivity contribution in [2.24, 2.45) is 0 Å². The summed E-state index contributed by atoms with van der Waals surface area (Å²) in [5.74, 6) is 0. The summed E-state index contributed by atoms with van der Waals surface area (Å²) in [6.07, 6.45) is 7.25. The normalized spacial score (nSPS) is 39.2. The molecule has 2 N–H and O–H groups in total. The van der Waals surface area contributed by atoms with Crippen molar-refractivity contribution in [2.75, 3.05) is 20.2 Å². The Kier molecular flexibility index (Phi) is 3.88. The zero-order chi connectivity index (χ0) is 11.6. The molecular weight excluding hydrogens is 200 g/mol. The van der Waals surface area contributed by atoms with Gasteiger partial charge in [0.15, 0.2) is 0 Å². The fraction of sp³-hybridized carbons (Fsp3) is 1.00. The molecule has 3 heteroatoms. The van der Waals surface area contributed by atoms with E-state index in [-0.39, 0.29) is 5.54 Å². The van der Waals surface area contributed by atoms with Crippen LogP contribution in [0.4, 0.5) is 0 Å². The van der Waals surface area contributed by atoms with E-state index in [4.69, 9.17) is 0 Å². The molecule has 0 aromatic carbocycles. The maximum absolute atomic E-state index is 9.29. The summed E-state index contributed by atoms with van der Waals surface area (Å²) in [6, 6.07) is 1.49. The second kappa shape index (κ2) is 5.03. The van der Waals surface area contributed by atoms with E-state index in [0.29, 0.717) is 6.61 Å². The number of hydrogen-bond donors (Lipinski definition) is 2. The number of piperidine rings is 1. The Hall–Kier alpha value is -0.120. The van der Waals surface area contributed by atoms with Crippen LogP contribution in [0.15, 0.2) is 0 Å². The molecule has 2 fully saturated rings. The molecule has 0 aromatic rings. The van der Waals surface area contributed by atoms with E-state index in [1.54, 1.807) is 0 Å². The average Bonchev–Trinajstić information content (AvgIpc) is 2.53. The van der Waals surface area contributed by atoms with Gasteiger partial charge in [-0.3, -0.25) is 0 Å². The van der Waals surface area contributed by atoms with Crippen LogP contribution < -0.4 is 5.32 Å². The maximum atomic E-state index is 9.29. The van der Waals surface area contributed by atoms with Gasteiger partial charge in [-0.15, -0.1) is 0 Å². The van der Waals surface area contributed by atoms with E-state index >= 15 is 0 Å². The van der Waals surface area contributed by atoms with Crippen molar-refractivity contribution in [1.82, 2.24) is 10.2 Å². The lowest BCUT2D eigenvalue weighted by molar-refractivity contribution is 0.0715. The van der Waals surface area contributed by atoms with Crippen molar-refractivity contribution in [1.29, 1.82) is 0 Å². The lowest BCUT2D eigenvalue weighted by Gasteiger charge is -2.46. The van der Waals surface area contributed by atoms with Gasteiger partial charge >= 0.3 is 0 Å². The highest BCUT2D eigenvalue weighted by molar-refractivity contribution is 5.04. The van der Waals surface area contributed by atoms with Crippen molar-refractivity contribution >= 4 is 0 Å². The highest BCUT2D eigenvalue weighted by Crippen LogP contribution is 2.41. The largest absolute Gasteiger partial charge is 0.396 e. The SMILES string of the molecule is CCCNC1(CCO)CC2CCC(C1)N2C. The predicted molar refractivity (Wildman–Crippen MR) is 66.5 cm³/mol. The number of fused-ring (bicyclic) bond motifs is 2. The fourth-order valence-electron chi connectivity index (χ4n) is 3.61. The monoisotopic (exact) mass is 226 g/mol. The van der Waals surface area contributed by atoms with Gasteiger partial charge in [-0.05, 0) is 52.1 Å². The molecule has 0 saturated carbocycles. The highest BCUT2D eigenvalue weighted by atomic mass is 16.3. The van der Waals surface area contributed by atoms with Crippen molar-refractivity contribution < 1.29 is 5.11 Å². The van der Waals surface area contributed by atoms with E-state index in [1.165, 1.54) is 32.1 Å². The highest BCUT2D eigenvalue weighted by Gasteiger charge is 2.45. The first-order chi connectivity index (χ1) is 7.71. The van der Waals surface area contributed by atoms with Crippen LogP contribution in [0, 0.1) is 0 Å². The summed E-state index contributed by atoms with van der Waals surface area (Å²) in [6.45, 7) is 3.62. The number of nitrogens with zero attached hydrogens (tertiary/aromatic N) is 1. The molecule has 0 amide bonds. The van der Waals surface area contributed by atoms with Crippen LogP contribution in [-0.2, 0) is 0 Å². The summed E-state index contributed by atoms with van der Waals surface area (Å²) in [4.78, 5) is 2.56. The standard InChI is InChI=1S/C13H26N2O/c1-3-7-14-13(6-8-16)9-11-4-5-12(10-13)15(11)2/h11-12,14,16H,3-10H2,1-2H3. The first kappa shape index (κ1) is 12.3. The molecule has 0 spiro atoms. The molecule has 2 atom stereocenters. The predicted octanol–water partition coefficient (Wildman–Crippen LogP) is 1.36. The molecule has 2 heterocycles. The minimum absolute atomic E-state index is 0.225. The molecular formula is C13H26N2O. The third kappa shape index (κ3) is 2.27. The lowest BCUT2D eigenvalue weighted by atomic mass is 9.80. The van der Waals surface area contributed by atoms with Crippen molar-refractivity contribution in [3.05, 3.63) is 0 Å². The van der Waals surface area contributed by atoms with Gasteiger partial charge < -0.3 is 15.3 Å². The summed E-state index contributed by atoms with van der Waals surface area (Å²) in [5.41, 5.74) is 0.225. The number of aliphatic hydroxyl groups excluding tert-OH is 1.